The van der Waals surface area contributed by atoms with Gasteiger partial charge in [-0.05, 0) is 42.5 Å². The second-order valence-corrected chi connectivity index (χ2v) is 4.44. The van der Waals surface area contributed by atoms with E-state index in [1.807, 2.05) is 24.3 Å². The molecule has 3 nitrogen and oxygen atoms in total. The summed E-state index contributed by atoms with van der Waals surface area (Å²) < 4.78 is 6.55. The normalized spacial score (nSPS) is 9.28. The fourth-order valence-electron chi connectivity index (χ4n) is 1.43. The fourth-order valence-corrected chi connectivity index (χ4v) is 1.69. The molecule has 0 aliphatic rings. The van der Waals surface area contributed by atoms with Crippen molar-refractivity contribution in [2.45, 2.75) is 0 Å². The molecule has 4 heteroatoms. The van der Waals surface area contributed by atoms with E-state index in [1.165, 1.54) is 6.07 Å². The number of benzene rings is 2. The smallest absolute Gasteiger partial charge is 0.130 e. The van der Waals surface area contributed by atoms with Crippen molar-refractivity contribution in [3.63, 3.8) is 0 Å². The monoisotopic (exact) mass is 298 g/mol. The summed E-state index contributed by atoms with van der Waals surface area (Å²) in [6.45, 7) is 0. The zero-order valence-corrected chi connectivity index (χ0v) is 10.8. The highest BCUT2D eigenvalue weighted by atomic mass is 79.9. The van der Waals surface area contributed by atoms with E-state index < -0.39 is 0 Å². The van der Waals surface area contributed by atoms with Gasteiger partial charge in [-0.1, -0.05) is 15.9 Å². The zero-order valence-electron chi connectivity index (χ0n) is 9.22. The van der Waals surface area contributed by atoms with Crippen LogP contribution in [0.3, 0.4) is 0 Å². The highest BCUT2D eigenvalue weighted by Gasteiger charge is 2.03. The SMILES string of the molecule is N#Cc1cc(C#N)cc(Oc2ccc(Br)cc2)c1. The Balaban J connectivity index is 2.32. The molecule has 18 heavy (non-hydrogen) atoms. The molecule has 2 rings (SSSR count). The van der Waals surface area contributed by atoms with Gasteiger partial charge in [0.15, 0.2) is 0 Å². The van der Waals surface area contributed by atoms with Gasteiger partial charge >= 0.3 is 0 Å². The molecule has 0 aromatic heterocycles. The lowest BCUT2D eigenvalue weighted by atomic mass is 10.1. The Hall–Kier alpha value is -2.30. The van der Waals surface area contributed by atoms with Crippen LogP contribution in [0.25, 0.3) is 0 Å². The third-order valence-corrected chi connectivity index (χ3v) is 2.74. The topological polar surface area (TPSA) is 56.8 Å². The lowest BCUT2D eigenvalue weighted by Crippen LogP contribution is -1.87. The van der Waals surface area contributed by atoms with Crippen molar-refractivity contribution in [1.29, 1.82) is 10.5 Å². The first-order valence-electron chi connectivity index (χ1n) is 5.10. The van der Waals surface area contributed by atoms with E-state index in [-0.39, 0.29) is 0 Å². The summed E-state index contributed by atoms with van der Waals surface area (Å²) in [5.41, 5.74) is 0.808. The van der Waals surface area contributed by atoms with Gasteiger partial charge in [0.2, 0.25) is 0 Å². The maximum Gasteiger partial charge on any atom is 0.130 e. The predicted molar refractivity (Wildman–Crippen MR) is 70.1 cm³/mol. The number of rotatable bonds is 2. The molecule has 0 amide bonds. The van der Waals surface area contributed by atoms with E-state index in [1.54, 1.807) is 24.3 Å². The van der Waals surface area contributed by atoms with Crippen molar-refractivity contribution in [2.24, 2.45) is 0 Å². The van der Waals surface area contributed by atoms with Gasteiger partial charge in [0, 0.05) is 4.47 Å². The molecule has 0 spiro atoms. The third-order valence-electron chi connectivity index (χ3n) is 2.21. The first-order chi connectivity index (χ1) is 8.71. The van der Waals surface area contributed by atoms with Crippen molar-refractivity contribution in [3.8, 4) is 23.6 Å². The minimum Gasteiger partial charge on any atom is -0.457 e. The van der Waals surface area contributed by atoms with Crippen molar-refractivity contribution in [2.75, 3.05) is 0 Å². The summed E-state index contributed by atoms with van der Waals surface area (Å²) >= 11 is 3.33. The summed E-state index contributed by atoms with van der Waals surface area (Å²) in [7, 11) is 0. The molecule has 2 aromatic rings. The molecule has 0 fully saturated rings. The van der Waals surface area contributed by atoms with Gasteiger partial charge in [-0.3, -0.25) is 0 Å². The Morgan fingerprint density at radius 3 is 1.89 bits per heavy atom. The van der Waals surface area contributed by atoms with E-state index in [0.717, 1.165) is 4.47 Å². The summed E-state index contributed by atoms with van der Waals surface area (Å²) in [5, 5.41) is 17.7. The number of nitrogens with zero attached hydrogens (tertiary/aromatic N) is 2. The Morgan fingerprint density at radius 1 is 0.833 bits per heavy atom. The van der Waals surface area contributed by atoms with Gasteiger partial charge in [-0.25, -0.2) is 0 Å². The molecule has 0 unspecified atom stereocenters. The highest BCUT2D eigenvalue weighted by molar-refractivity contribution is 9.10. The molecule has 0 heterocycles. The van der Waals surface area contributed by atoms with Gasteiger partial charge in [0.1, 0.15) is 11.5 Å². The van der Waals surface area contributed by atoms with E-state index in [2.05, 4.69) is 15.9 Å². The Kier molecular flexibility index (Phi) is 3.62. The third kappa shape index (κ3) is 2.88. The Morgan fingerprint density at radius 2 is 1.39 bits per heavy atom. The standard InChI is InChI=1S/C14H7BrN2O/c15-12-1-3-13(4-2-12)18-14-6-10(8-16)5-11(7-14)9-17/h1-7H. The van der Waals surface area contributed by atoms with Gasteiger partial charge < -0.3 is 4.74 Å². The average molecular weight is 299 g/mol. The second-order valence-electron chi connectivity index (χ2n) is 3.53. The quantitative estimate of drug-likeness (QED) is 0.842. The van der Waals surface area contributed by atoms with Crippen LogP contribution in [-0.4, -0.2) is 0 Å². The van der Waals surface area contributed by atoms with Crippen LogP contribution in [0.1, 0.15) is 11.1 Å². The van der Waals surface area contributed by atoms with Gasteiger partial charge in [0.25, 0.3) is 0 Å². The van der Waals surface area contributed by atoms with Crippen LogP contribution in [0.4, 0.5) is 0 Å². The Labute approximate surface area is 113 Å². The van der Waals surface area contributed by atoms with Crippen molar-refractivity contribution < 1.29 is 4.74 Å². The van der Waals surface area contributed by atoms with Crippen LogP contribution in [0.2, 0.25) is 0 Å². The zero-order chi connectivity index (χ0) is 13.0. The predicted octanol–water partition coefficient (Wildman–Crippen LogP) is 3.98. The Bertz CT molecular complexity index is 619. The first-order valence-corrected chi connectivity index (χ1v) is 5.89. The van der Waals surface area contributed by atoms with E-state index in [0.29, 0.717) is 22.6 Å². The molecule has 0 aliphatic heterocycles. The molecule has 0 N–H and O–H groups in total. The minimum absolute atomic E-state index is 0.404. The number of halogens is 1. The molecule has 0 saturated carbocycles. The molecule has 86 valence electrons. The van der Waals surface area contributed by atoms with Crippen LogP contribution >= 0.6 is 15.9 Å². The highest BCUT2D eigenvalue weighted by Crippen LogP contribution is 2.25. The van der Waals surface area contributed by atoms with Crippen molar-refractivity contribution in [3.05, 3.63) is 58.1 Å². The maximum atomic E-state index is 8.86. The maximum absolute atomic E-state index is 8.86. The molecular weight excluding hydrogens is 292 g/mol. The molecular formula is C14H7BrN2O. The largest absolute Gasteiger partial charge is 0.457 e. The number of hydrogen-bond donors (Lipinski definition) is 0. The molecule has 0 bridgehead atoms. The van der Waals surface area contributed by atoms with Gasteiger partial charge in [-0.2, -0.15) is 10.5 Å². The van der Waals surface area contributed by atoms with Gasteiger partial charge in [0.05, 0.1) is 23.3 Å². The molecule has 0 atom stereocenters. The van der Waals surface area contributed by atoms with Crippen LogP contribution < -0.4 is 4.74 Å². The second kappa shape index (κ2) is 5.35. The summed E-state index contributed by atoms with van der Waals surface area (Å²) in [6.07, 6.45) is 0. The molecule has 0 radical (unpaired) electrons. The first kappa shape index (κ1) is 12.2. The average Bonchev–Trinajstić information content (AvgIpc) is 2.41. The molecule has 2 aromatic carbocycles. The lowest BCUT2D eigenvalue weighted by molar-refractivity contribution is 0.482. The summed E-state index contributed by atoms with van der Waals surface area (Å²) in [4.78, 5) is 0. The van der Waals surface area contributed by atoms with Gasteiger partial charge in [-0.15, -0.1) is 0 Å². The summed E-state index contributed by atoms with van der Waals surface area (Å²) in [5.74, 6) is 1.13. The number of ether oxygens (including phenoxy) is 1. The number of nitriles is 2. The number of hydrogen-bond acceptors (Lipinski definition) is 3. The van der Waals surface area contributed by atoms with Crippen LogP contribution in [-0.2, 0) is 0 Å². The van der Waals surface area contributed by atoms with Crippen LogP contribution in [0.15, 0.2) is 46.9 Å². The molecule has 0 saturated heterocycles. The van der Waals surface area contributed by atoms with E-state index >= 15 is 0 Å². The van der Waals surface area contributed by atoms with Crippen LogP contribution in [0.5, 0.6) is 11.5 Å². The summed E-state index contributed by atoms with van der Waals surface area (Å²) in [6, 6.07) is 16.0. The van der Waals surface area contributed by atoms with E-state index in [4.69, 9.17) is 15.3 Å². The fraction of sp³-hybridized carbons (Fsp3) is 0. The van der Waals surface area contributed by atoms with Crippen molar-refractivity contribution >= 4 is 15.9 Å². The van der Waals surface area contributed by atoms with Crippen molar-refractivity contribution in [1.82, 2.24) is 0 Å². The van der Waals surface area contributed by atoms with Crippen LogP contribution in [0, 0.1) is 22.7 Å². The van der Waals surface area contributed by atoms with E-state index in [9.17, 15) is 0 Å². The molecule has 0 aliphatic carbocycles. The lowest BCUT2D eigenvalue weighted by Gasteiger charge is -2.06. The minimum atomic E-state index is 0.404.